The van der Waals surface area contributed by atoms with Crippen LogP contribution in [0.25, 0.3) is 0 Å². The minimum absolute atomic E-state index is 0.0541. The first kappa shape index (κ1) is 15.3. The number of hydrogen-bond acceptors (Lipinski definition) is 3. The number of hydrogen-bond donors (Lipinski definition) is 2. The van der Waals surface area contributed by atoms with Crippen molar-refractivity contribution in [2.75, 3.05) is 13.1 Å². The number of likely N-dealkylation sites (tertiary alicyclic amines) is 1. The molecule has 2 atom stereocenters. The summed E-state index contributed by atoms with van der Waals surface area (Å²) in [5.74, 6) is 0.593. The van der Waals surface area contributed by atoms with Crippen LogP contribution in [-0.2, 0) is 9.59 Å². The van der Waals surface area contributed by atoms with Crippen LogP contribution >= 0.6 is 0 Å². The van der Waals surface area contributed by atoms with E-state index in [1.54, 1.807) is 4.90 Å². The van der Waals surface area contributed by atoms with E-state index in [2.05, 4.69) is 17.6 Å². The summed E-state index contributed by atoms with van der Waals surface area (Å²) in [6.45, 7) is 2.92. The van der Waals surface area contributed by atoms with Crippen molar-refractivity contribution in [3.8, 4) is 0 Å². The van der Waals surface area contributed by atoms with Crippen molar-refractivity contribution < 1.29 is 14.4 Å². The van der Waals surface area contributed by atoms with E-state index in [4.69, 9.17) is 0 Å². The molecule has 0 bridgehead atoms. The van der Waals surface area contributed by atoms with Gasteiger partial charge in [-0.1, -0.05) is 32.6 Å². The lowest BCUT2D eigenvalue weighted by Crippen LogP contribution is -2.50. The second-order valence-corrected chi connectivity index (χ2v) is 6.99. The van der Waals surface area contributed by atoms with Gasteiger partial charge in [-0.25, -0.2) is 4.79 Å². The van der Waals surface area contributed by atoms with E-state index < -0.39 is 11.6 Å². The normalized spacial score (nSPS) is 30.0. The van der Waals surface area contributed by atoms with Gasteiger partial charge in [0.05, 0.1) is 6.54 Å². The predicted molar refractivity (Wildman–Crippen MR) is 81.0 cm³/mol. The smallest absolute Gasteiger partial charge is 0.322 e. The van der Waals surface area contributed by atoms with Crippen LogP contribution in [0, 0.1) is 11.8 Å². The third-order valence-electron chi connectivity index (χ3n) is 5.53. The number of rotatable bonds is 4. The molecule has 6 heteroatoms. The zero-order valence-electron chi connectivity index (χ0n) is 13.2. The number of carbonyl (C=O) groups excluding carboxylic acids is 3. The highest BCUT2D eigenvalue weighted by molar-refractivity contribution is 6.07. The largest absolute Gasteiger partial charge is 0.339 e. The molecule has 0 aromatic heterocycles. The number of urea groups is 1. The number of carbonyl (C=O) groups is 3. The Morgan fingerprint density at radius 1 is 1.36 bits per heavy atom. The first-order chi connectivity index (χ1) is 10.5. The topological polar surface area (TPSA) is 78.5 Å². The Hall–Kier alpha value is -1.59. The van der Waals surface area contributed by atoms with Gasteiger partial charge in [-0.2, -0.15) is 0 Å². The van der Waals surface area contributed by atoms with Crippen LogP contribution in [0.15, 0.2) is 0 Å². The third kappa shape index (κ3) is 2.71. The van der Waals surface area contributed by atoms with Crippen molar-refractivity contribution in [3.63, 3.8) is 0 Å². The third-order valence-corrected chi connectivity index (χ3v) is 5.53. The molecule has 0 aromatic carbocycles. The van der Waals surface area contributed by atoms with Gasteiger partial charge in [-0.05, 0) is 25.2 Å². The second-order valence-electron chi connectivity index (χ2n) is 6.99. The molecule has 1 spiro atoms. The van der Waals surface area contributed by atoms with E-state index >= 15 is 0 Å². The Morgan fingerprint density at radius 2 is 2.09 bits per heavy atom. The van der Waals surface area contributed by atoms with E-state index in [1.807, 2.05) is 0 Å². The molecule has 2 saturated heterocycles. The van der Waals surface area contributed by atoms with Crippen molar-refractivity contribution >= 4 is 17.8 Å². The van der Waals surface area contributed by atoms with Crippen molar-refractivity contribution in [1.29, 1.82) is 0 Å². The highest BCUT2D eigenvalue weighted by atomic mass is 16.2. The monoisotopic (exact) mass is 307 g/mol. The standard InChI is InChI=1S/C16H25N3O3/c1-2-12(9-11-5-3-4-6-11)13(20)19-8-7-16(10-19)14(21)17-15(22)18-16/h11-12H,2-10H2,1H3,(H2,17,18,21,22)/t12-,16+/m1/s1. The SMILES string of the molecule is CC[C@H](CC1CCCC1)C(=O)N1CC[C@@]2(C1)NC(=O)NC2=O. The lowest BCUT2D eigenvalue weighted by atomic mass is 9.90. The van der Waals surface area contributed by atoms with Crippen LogP contribution in [0.4, 0.5) is 4.79 Å². The fourth-order valence-corrected chi connectivity index (χ4v) is 4.16. The molecule has 2 aliphatic heterocycles. The highest BCUT2D eigenvalue weighted by Crippen LogP contribution is 2.33. The zero-order valence-corrected chi connectivity index (χ0v) is 13.2. The van der Waals surface area contributed by atoms with E-state index in [9.17, 15) is 14.4 Å². The van der Waals surface area contributed by atoms with E-state index in [-0.39, 0.29) is 17.7 Å². The minimum atomic E-state index is -0.890. The summed E-state index contributed by atoms with van der Waals surface area (Å²) in [6, 6.07) is -0.447. The lowest BCUT2D eigenvalue weighted by Gasteiger charge is -2.26. The average molecular weight is 307 g/mol. The van der Waals surface area contributed by atoms with Gasteiger partial charge in [0.2, 0.25) is 5.91 Å². The van der Waals surface area contributed by atoms with Crippen molar-refractivity contribution in [1.82, 2.24) is 15.5 Å². The van der Waals surface area contributed by atoms with Gasteiger partial charge in [-0.3, -0.25) is 14.9 Å². The van der Waals surface area contributed by atoms with E-state index in [0.717, 1.165) is 12.8 Å². The molecular formula is C16H25N3O3. The van der Waals surface area contributed by atoms with Gasteiger partial charge in [0.1, 0.15) is 5.54 Å². The maximum Gasteiger partial charge on any atom is 0.322 e. The Kier molecular flexibility index (Phi) is 4.10. The summed E-state index contributed by atoms with van der Waals surface area (Å²) < 4.78 is 0. The summed E-state index contributed by atoms with van der Waals surface area (Å²) in [7, 11) is 0. The van der Waals surface area contributed by atoms with Gasteiger partial charge in [-0.15, -0.1) is 0 Å². The quantitative estimate of drug-likeness (QED) is 0.771. The summed E-state index contributed by atoms with van der Waals surface area (Å²) >= 11 is 0. The predicted octanol–water partition coefficient (Wildman–Crippen LogP) is 1.40. The summed E-state index contributed by atoms with van der Waals surface area (Å²) in [4.78, 5) is 37.9. The number of nitrogens with one attached hydrogen (secondary N) is 2. The van der Waals surface area contributed by atoms with Crippen molar-refractivity contribution in [2.45, 2.75) is 57.4 Å². The van der Waals surface area contributed by atoms with Gasteiger partial charge < -0.3 is 10.2 Å². The second kappa shape index (κ2) is 5.89. The molecule has 3 aliphatic rings. The first-order valence-electron chi connectivity index (χ1n) is 8.46. The van der Waals surface area contributed by atoms with Crippen LogP contribution in [-0.4, -0.2) is 41.4 Å². The number of imide groups is 1. The first-order valence-corrected chi connectivity index (χ1v) is 8.46. The molecule has 2 heterocycles. The van der Waals surface area contributed by atoms with E-state index in [0.29, 0.717) is 25.4 Å². The Bertz CT molecular complexity index is 487. The fourth-order valence-electron chi connectivity index (χ4n) is 4.16. The van der Waals surface area contributed by atoms with Gasteiger partial charge in [0.15, 0.2) is 0 Å². The number of nitrogens with zero attached hydrogens (tertiary/aromatic N) is 1. The molecule has 6 nitrogen and oxygen atoms in total. The summed E-state index contributed by atoms with van der Waals surface area (Å²) in [5, 5.41) is 4.98. The Labute approximate surface area is 131 Å². The molecule has 1 aliphatic carbocycles. The van der Waals surface area contributed by atoms with Crippen molar-refractivity contribution in [2.24, 2.45) is 11.8 Å². The maximum absolute atomic E-state index is 12.8. The molecule has 2 N–H and O–H groups in total. The minimum Gasteiger partial charge on any atom is -0.339 e. The van der Waals surface area contributed by atoms with Crippen LogP contribution in [0.2, 0.25) is 0 Å². The molecule has 0 radical (unpaired) electrons. The van der Waals surface area contributed by atoms with E-state index in [1.165, 1.54) is 25.7 Å². The average Bonchev–Trinajstić information content (AvgIpc) is 3.19. The number of amides is 4. The van der Waals surface area contributed by atoms with Crippen LogP contribution in [0.3, 0.4) is 0 Å². The van der Waals surface area contributed by atoms with Crippen LogP contribution < -0.4 is 10.6 Å². The molecule has 3 fully saturated rings. The highest BCUT2D eigenvalue weighted by Gasteiger charge is 2.52. The Morgan fingerprint density at radius 3 is 2.68 bits per heavy atom. The molecule has 1 saturated carbocycles. The van der Waals surface area contributed by atoms with Crippen LogP contribution in [0.1, 0.15) is 51.9 Å². The molecular weight excluding hydrogens is 282 g/mol. The molecule has 0 aromatic rings. The lowest BCUT2D eigenvalue weighted by molar-refractivity contribution is -0.135. The van der Waals surface area contributed by atoms with Gasteiger partial charge >= 0.3 is 6.03 Å². The molecule has 4 amide bonds. The maximum atomic E-state index is 12.8. The van der Waals surface area contributed by atoms with Gasteiger partial charge in [0, 0.05) is 12.5 Å². The van der Waals surface area contributed by atoms with Gasteiger partial charge in [0.25, 0.3) is 5.91 Å². The summed E-state index contributed by atoms with van der Waals surface area (Å²) in [5.41, 5.74) is -0.890. The molecule has 122 valence electrons. The Balaban J connectivity index is 1.62. The van der Waals surface area contributed by atoms with Crippen LogP contribution in [0.5, 0.6) is 0 Å². The molecule has 3 rings (SSSR count). The summed E-state index contributed by atoms with van der Waals surface area (Å²) in [6.07, 6.45) is 7.38. The molecule has 22 heavy (non-hydrogen) atoms. The molecule has 0 unspecified atom stereocenters. The zero-order chi connectivity index (χ0) is 15.7. The van der Waals surface area contributed by atoms with Crippen molar-refractivity contribution in [3.05, 3.63) is 0 Å². The fraction of sp³-hybridized carbons (Fsp3) is 0.812.